The van der Waals surface area contributed by atoms with Crippen molar-refractivity contribution in [3.63, 3.8) is 0 Å². The van der Waals surface area contributed by atoms with Crippen molar-refractivity contribution in [3.8, 4) is 16.9 Å². The van der Waals surface area contributed by atoms with Crippen LogP contribution >= 0.6 is 0 Å². The van der Waals surface area contributed by atoms with E-state index in [1.54, 1.807) is 31.4 Å². The van der Waals surface area contributed by atoms with Crippen LogP contribution in [-0.4, -0.2) is 77.4 Å². The number of carbonyl (C=O) groups is 2. The van der Waals surface area contributed by atoms with Crippen molar-refractivity contribution in [1.82, 2.24) is 4.90 Å². The molecule has 1 saturated heterocycles. The Morgan fingerprint density at radius 2 is 1.60 bits per heavy atom. The number of ether oxygens (including phenoxy) is 3. The molecule has 2 N–H and O–H groups in total. The van der Waals surface area contributed by atoms with Gasteiger partial charge in [0.25, 0.3) is 11.3 Å². The van der Waals surface area contributed by atoms with Crippen molar-refractivity contribution in [2.45, 2.75) is 18.9 Å². The van der Waals surface area contributed by atoms with Crippen LogP contribution in [0.1, 0.15) is 12.8 Å². The van der Waals surface area contributed by atoms with Crippen molar-refractivity contribution in [2.24, 2.45) is 5.92 Å². The van der Waals surface area contributed by atoms with Gasteiger partial charge in [0, 0.05) is 20.2 Å². The summed E-state index contributed by atoms with van der Waals surface area (Å²) in [6.07, 6.45) is 0.228. The number of carbonyl (C=O) groups excluding carboxylic acids is 1. The monoisotopic (exact) mass is 506 g/mol. The summed E-state index contributed by atoms with van der Waals surface area (Å²) in [6.45, 7) is 1.01. The van der Waals surface area contributed by atoms with Crippen molar-refractivity contribution in [3.05, 3.63) is 48.5 Å². The molecular formula is C24H30N2O8S. The zero-order valence-corrected chi connectivity index (χ0v) is 20.5. The lowest BCUT2D eigenvalue weighted by molar-refractivity contribution is -0.140. The summed E-state index contributed by atoms with van der Waals surface area (Å²) in [5.74, 6) is -0.911. The van der Waals surface area contributed by atoms with Gasteiger partial charge in [0.05, 0.1) is 19.4 Å². The number of benzene rings is 2. The summed E-state index contributed by atoms with van der Waals surface area (Å²) in [4.78, 5) is 25.9. The third-order valence-corrected chi connectivity index (χ3v) is 6.75. The van der Waals surface area contributed by atoms with Gasteiger partial charge in [-0.15, -0.1) is 0 Å². The van der Waals surface area contributed by atoms with Crippen molar-refractivity contribution in [1.29, 1.82) is 0 Å². The Hall–Kier alpha value is -3.15. The number of nitrogens with zero attached hydrogens (tertiary/aromatic N) is 2. The summed E-state index contributed by atoms with van der Waals surface area (Å²) in [6, 6.07) is 13.0. The quantitative estimate of drug-likeness (QED) is 0.372. The Kier molecular flexibility index (Phi) is 9.47. The minimum Gasteiger partial charge on any atom is -0.497 e. The number of likely N-dealkylation sites (tertiary alicyclic amines) is 1. The van der Waals surface area contributed by atoms with Gasteiger partial charge in [-0.1, -0.05) is 24.3 Å². The molecule has 0 bridgehead atoms. The molecule has 1 fully saturated rings. The van der Waals surface area contributed by atoms with E-state index in [1.165, 1.54) is 12.0 Å². The smallest absolute Gasteiger partial charge is 0.409 e. The fourth-order valence-corrected chi connectivity index (χ4v) is 4.89. The number of hydrogen-bond acceptors (Lipinski definition) is 6. The maximum Gasteiger partial charge on any atom is 0.409 e. The molecule has 0 radical (unpaired) electrons. The molecular weight excluding hydrogens is 476 g/mol. The largest absolute Gasteiger partial charge is 0.497 e. The molecule has 190 valence electrons. The van der Waals surface area contributed by atoms with Crippen LogP contribution in [0.15, 0.2) is 48.5 Å². The zero-order chi connectivity index (χ0) is 25.4. The second kappa shape index (κ2) is 12.5. The average Bonchev–Trinajstić information content (AvgIpc) is 2.87. The minimum absolute atomic E-state index is 0.136. The summed E-state index contributed by atoms with van der Waals surface area (Å²) < 4.78 is 38.5. The second-order valence-electron chi connectivity index (χ2n) is 8.05. The van der Waals surface area contributed by atoms with Crippen LogP contribution in [0.5, 0.6) is 5.75 Å². The maximum absolute atomic E-state index is 12.3. The number of amides is 1. The number of piperidine rings is 1. The Morgan fingerprint density at radius 1 is 1.03 bits per heavy atom. The predicted molar refractivity (Wildman–Crippen MR) is 131 cm³/mol. The Bertz CT molecular complexity index is 1010. The van der Waals surface area contributed by atoms with E-state index in [-0.39, 0.29) is 13.2 Å². The van der Waals surface area contributed by atoms with E-state index in [4.69, 9.17) is 14.2 Å². The van der Waals surface area contributed by atoms with Crippen molar-refractivity contribution < 1.29 is 37.7 Å². The molecule has 1 amide bonds. The molecule has 0 spiro atoms. The molecule has 1 heterocycles. The highest BCUT2D eigenvalue weighted by Gasteiger charge is 2.39. The summed E-state index contributed by atoms with van der Waals surface area (Å²) in [5.41, 5.74) is 2.11. The molecule has 11 heteroatoms. The Labute approximate surface area is 206 Å². The van der Waals surface area contributed by atoms with E-state index < -0.39 is 35.3 Å². The lowest BCUT2D eigenvalue weighted by Gasteiger charge is -2.37. The van der Waals surface area contributed by atoms with Crippen LogP contribution in [-0.2, 0) is 25.5 Å². The van der Waals surface area contributed by atoms with E-state index in [0.29, 0.717) is 31.6 Å². The lowest BCUT2D eigenvalue weighted by atomic mass is 9.89. The number of methoxy groups -OCH3 is 2. The number of rotatable bonds is 10. The molecule has 0 aromatic heterocycles. The highest BCUT2D eigenvalue weighted by molar-refractivity contribution is 7.80. The molecule has 2 aromatic rings. The van der Waals surface area contributed by atoms with Crippen LogP contribution in [0.4, 0.5) is 10.5 Å². The summed E-state index contributed by atoms with van der Waals surface area (Å²) in [5, 5.41) is 9.99. The molecule has 1 aliphatic rings. The minimum atomic E-state index is -2.57. The van der Waals surface area contributed by atoms with E-state index in [9.17, 15) is 23.5 Å². The average molecular weight is 507 g/mol. The standard InChI is InChI=1S/C24H30N2O8S/c1-32-15-16-34-24(29)25-13-11-19(12-14-25)22(23(27)28)26(35(30)31)20-7-3-17(4-8-20)18-5-9-21(33-2)10-6-18/h3-10,19,22H,11-16H2,1-2H3,(H,27,28)(H,30,31). The van der Waals surface area contributed by atoms with Gasteiger partial charge in [0.15, 0.2) is 0 Å². The predicted octanol–water partition coefficient (Wildman–Crippen LogP) is 3.25. The van der Waals surface area contributed by atoms with Crippen LogP contribution in [0.3, 0.4) is 0 Å². The molecule has 1 aliphatic heterocycles. The lowest BCUT2D eigenvalue weighted by Crippen LogP contribution is -2.51. The van der Waals surface area contributed by atoms with Gasteiger partial charge >= 0.3 is 12.1 Å². The molecule has 10 nitrogen and oxygen atoms in total. The van der Waals surface area contributed by atoms with E-state index in [1.807, 2.05) is 24.3 Å². The van der Waals surface area contributed by atoms with Gasteiger partial charge in [-0.3, -0.25) is 8.86 Å². The van der Waals surface area contributed by atoms with E-state index in [0.717, 1.165) is 21.2 Å². The number of hydrogen-bond donors (Lipinski definition) is 2. The molecule has 35 heavy (non-hydrogen) atoms. The maximum atomic E-state index is 12.3. The third-order valence-electron chi connectivity index (χ3n) is 5.98. The summed E-state index contributed by atoms with van der Waals surface area (Å²) >= 11 is -2.57. The van der Waals surface area contributed by atoms with Crippen LogP contribution in [0, 0.1) is 5.92 Å². The van der Waals surface area contributed by atoms with Gasteiger partial charge in [-0.25, -0.2) is 13.8 Å². The third kappa shape index (κ3) is 6.71. The molecule has 2 atom stereocenters. The Morgan fingerprint density at radius 3 is 2.09 bits per heavy atom. The van der Waals surface area contributed by atoms with Crippen LogP contribution < -0.4 is 9.04 Å². The second-order valence-corrected chi connectivity index (χ2v) is 8.90. The fourth-order valence-electron chi connectivity index (χ4n) is 4.13. The summed E-state index contributed by atoms with van der Waals surface area (Å²) in [7, 11) is 3.10. The topological polar surface area (TPSA) is 126 Å². The van der Waals surface area contributed by atoms with E-state index >= 15 is 0 Å². The van der Waals surface area contributed by atoms with Gasteiger partial charge in [0.1, 0.15) is 18.4 Å². The first-order valence-electron chi connectivity index (χ1n) is 11.1. The first-order valence-corrected chi connectivity index (χ1v) is 12.2. The van der Waals surface area contributed by atoms with Crippen LogP contribution in [0.25, 0.3) is 11.1 Å². The number of carboxylic acid groups (broad SMARTS) is 1. The van der Waals surface area contributed by atoms with Crippen molar-refractivity contribution in [2.75, 3.05) is 44.8 Å². The Balaban J connectivity index is 1.74. The first-order chi connectivity index (χ1) is 16.8. The fraction of sp³-hybridized carbons (Fsp3) is 0.417. The number of aliphatic carboxylic acids is 1. The number of anilines is 1. The normalized spacial score (nSPS) is 15.8. The SMILES string of the molecule is COCCOC(=O)N1CCC(C(C(=O)O)N(c2ccc(-c3ccc(OC)cc3)cc2)S(=O)O)CC1. The highest BCUT2D eigenvalue weighted by atomic mass is 32.2. The zero-order valence-electron chi connectivity index (χ0n) is 19.7. The molecule has 2 aromatic carbocycles. The molecule has 2 unspecified atom stereocenters. The van der Waals surface area contributed by atoms with Gasteiger partial charge in [-0.05, 0) is 54.2 Å². The number of carboxylic acids is 1. The molecule has 0 aliphatic carbocycles. The van der Waals surface area contributed by atoms with E-state index in [2.05, 4.69) is 0 Å². The van der Waals surface area contributed by atoms with Gasteiger partial charge in [0.2, 0.25) is 0 Å². The molecule has 3 rings (SSSR count). The first kappa shape index (κ1) is 26.5. The highest BCUT2D eigenvalue weighted by Crippen LogP contribution is 2.31. The van der Waals surface area contributed by atoms with Gasteiger partial charge < -0.3 is 24.2 Å². The van der Waals surface area contributed by atoms with Crippen LogP contribution in [0.2, 0.25) is 0 Å². The van der Waals surface area contributed by atoms with Gasteiger partial charge in [-0.2, -0.15) is 0 Å². The van der Waals surface area contributed by atoms with Crippen molar-refractivity contribution >= 4 is 29.0 Å². The molecule has 0 saturated carbocycles.